The van der Waals surface area contributed by atoms with Crippen LogP contribution in [0.3, 0.4) is 0 Å². The fraction of sp³-hybridized carbons (Fsp3) is 0.0769. The highest BCUT2D eigenvalue weighted by Gasteiger charge is 2.15. The number of carbonyl (C=O) groups is 1. The van der Waals surface area contributed by atoms with Crippen molar-refractivity contribution in [1.29, 1.82) is 0 Å². The molecule has 1 aromatic heterocycles. The third kappa shape index (κ3) is 2.70. The minimum absolute atomic E-state index is 0.0183. The third-order valence-corrected chi connectivity index (χ3v) is 2.92. The summed E-state index contributed by atoms with van der Waals surface area (Å²) < 4.78 is 27.4. The number of nitrogens with zero attached hydrogens (tertiary/aromatic N) is 1. The number of nitrogens with one attached hydrogen (secondary N) is 1. The highest BCUT2D eigenvalue weighted by Crippen LogP contribution is 2.26. The molecule has 0 saturated carbocycles. The summed E-state index contributed by atoms with van der Waals surface area (Å²) in [6.07, 6.45) is 1.10. The van der Waals surface area contributed by atoms with Crippen LogP contribution in [0.15, 0.2) is 24.4 Å². The molecule has 0 aliphatic heterocycles. The van der Waals surface area contributed by atoms with Crippen molar-refractivity contribution in [2.45, 2.75) is 6.92 Å². The van der Waals surface area contributed by atoms with Crippen molar-refractivity contribution in [3.63, 3.8) is 0 Å². The van der Waals surface area contributed by atoms with Crippen LogP contribution >= 0.6 is 11.6 Å². The predicted molar refractivity (Wildman–Crippen MR) is 70.6 cm³/mol. The number of pyridine rings is 1. The molecule has 2 rings (SSSR count). The largest absolute Gasteiger partial charge is 0.478 e. The van der Waals surface area contributed by atoms with Crippen molar-refractivity contribution in [3.05, 3.63) is 52.2 Å². The van der Waals surface area contributed by atoms with E-state index in [0.29, 0.717) is 0 Å². The number of hydrogen-bond acceptors (Lipinski definition) is 3. The maximum absolute atomic E-state index is 13.8. The molecule has 0 aliphatic carbocycles. The zero-order chi connectivity index (χ0) is 14.9. The van der Waals surface area contributed by atoms with Crippen LogP contribution in [-0.4, -0.2) is 16.1 Å². The van der Waals surface area contributed by atoms with E-state index < -0.39 is 23.3 Å². The van der Waals surface area contributed by atoms with Gasteiger partial charge >= 0.3 is 5.97 Å². The predicted octanol–water partition coefficient (Wildman–Crippen LogP) is 3.76. The Labute approximate surface area is 118 Å². The van der Waals surface area contributed by atoms with E-state index in [1.807, 2.05) is 0 Å². The summed E-state index contributed by atoms with van der Waals surface area (Å²) >= 11 is 5.66. The first-order valence-corrected chi connectivity index (χ1v) is 5.88. The van der Waals surface area contributed by atoms with Crippen LogP contribution < -0.4 is 5.32 Å². The summed E-state index contributed by atoms with van der Waals surface area (Å²) in [5.41, 5.74) is -0.352. The van der Waals surface area contributed by atoms with Gasteiger partial charge in [-0.3, -0.25) is 0 Å². The van der Waals surface area contributed by atoms with Crippen LogP contribution in [0.1, 0.15) is 15.9 Å². The van der Waals surface area contributed by atoms with Gasteiger partial charge in [-0.15, -0.1) is 0 Å². The van der Waals surface area contributed by atoms with Crippen molar-refractivity contribution in [2.75, 3.05) is 5.32 Å². The Morgan fingerprint density at radius 2 is 2.10 bits per heavy atom. The number of halogens is 3. The minimum atomic E-state index is -1.26. The first kappa shape index (κ1) is 14.2. The summed E-state index contributed by atoms with van der Waals surface area (Å²) in [5.74, 6) is -2.85. The molecule has 1 heterocycles. The SMILES string of the molecule is Cc1ccc(F)c(Nc2cc(C(=O)O)c(Cl)cn2)c1F. The van der Waals surface area contributed by atoms with Crippen LogP contribution in [0.5, 0.6) is 0 Å². The number of carboxylic acids is 1. The van der Waals surface area contributed by atoms with E-state index in [2.05, 4.69) is 10.3 Å². The van der Waals surface area contributed by atoms with Gasteiger partial charge in [0, 0.05) is 6.20 Å². The molecule has 0 atom stereocenters. The molecule has 2 N–H and O–H groups in total. The number of benzene rings is 1. The fourth-order valence-corrected chi connectivity index (χ4v) is 1.75. The topological polar surface area (TPSA) is 62.2 Å². The summed E-state index contributed by atoms with van der Waals surface area (Å²) in [5, 5.41) is 11.3. The van der Waals surface area contributed by atoms with Crippen molar-refractivity contribution in [1.82, 2.24) is 4.98 Å². The van der Waals surface area contributed by atoms with Gasteiger partial charge in [0.05, 0.1) is 10.6 Å². The number of aromatic nitrogens is 1. The van der Waals surface area contributed by atoms with Crippen LogP contribution in [0, 0.1) is 18.6 Å². The summed E-state index contributed by atoms with van der Waals surface area (Å²) in [6, 6.07) is 3.51. The van der Waals surface area contributed by atoms with E-state index >= 15 is 0 Å². The summed E-state index contributed by atoms with van der Waals surface area (Å²) in [4.78, 5) is 14.7. The van der Waals surface area contributed by atoms with E-state index in [1.54, 1.807) is 0 Å². The van der Waals surface area contributed by atoms with E-state index in [1.165, 1.54) is 13.0 Å². The van der Waals surface area contributed by atoms with E-state index in [0.717, 1.165) is 18.3 Å². The average Bonchev–Trinajstić information content (AvgIpc) is 2.40. The van der Waals surface area contributed by atoms with Crippen molar-refractivity contribution >= 4 is 29.1 Å². The van der Waals surface area contributed by atoms with Gasteiger partial charge in [0.25, 0.3) is 0 Å². The molecule has 0 spiro atoms. The number of aryl methyl sites for hydroxylation is 1. The van der Waals surface area contributed by atoms with Gasteiger partial charge in [0.15, 0.2) is 5.82 Å². The Kier molecular flexibility index (Phi) is 3.85. The quantitative estimate of drug-likeness (QED) is 0.905. The summed E-state index contributed by atoms with van der Waals surface area (Å²) in [7, 11) is 0. The monoisotopic (exact) mass is 298 g/mol. The highest BCUT2D eigenvalue weighted by molar-refractivity contribution is 6.33. The van der Waals surface area contributed by atoms with E-state index in [4.69, 9.17) is 16.7 Å². The van der Waals surface area contributed by atoms with Gasteiger partial charge < -0.3 is 10.4 Å². The van der Waals surface area contributed by atoms with Crippen LogP contribution in [0.4, 0.5) is 20.3 Å². The smallest absolute Gasteiger partial charge is 0.337 e. The first-order chi connectivity index (χ1) is 9.40. The second kappa shape index (κ2) is 5.42. The lowest BCUT2D eigenvalue weighted by Crippen LogP contribution is -2.04. The fourth-order valence-electron chi connectivity index (χ4n) is 1.57. The van der Waals surface area contributed by atoms with Crippen molar-refractivity contribution in [2.24, 2.45) is 0 Å². The Balaban J connectivity index is 2.43. The molecule has 1 aromatic carbocycles. The Hall–Kier alpha value is -2.21. The average molecular weight is 299 g/mol. The number of rotatable bonds is 3. The van der Waals surface area contributed by atoms with Crippen molar-refractivity contribution < 1.29 is 18.7 Å². The Morgan fingerprint density at radius 1 is 1.40 bits per heavy atom. The molecule has 0 fully saturated rings. The molecule has 0 aliphatic rings. The number of hydrogen-bond donors (Lipinski definition) is 2. The van der Waals surface area contributed by atoms with Gasteiger partial charge in [-0.1, -0.05) is 17.7 Å². The van der Waals surface area contributed by atoms with Gasteiger partial charge in [0.2, 0.25) is 0 Å². The zero-order valence-electron chi connectivity index (χ0n) is 10.2. The lowest BCUT2D eigenvalue weighted by molar-refractivity contribution is 0.0697. The lowest BCUT2D eigenvalue weighted by atomic mass is 10.2. The molecule has 0 amide bonds. The first-order valence-electron chi connectivity index (χ1n) is 5.50. The maximum Gasteiger partial charge on any atom is 0.337 e. The number of carboxylic acid groups (broad SMARTS) is 1. The minimum Gasteiger partial charge on any atom is -0.478 e. The third-order valence-electron chi connectivity index (χ3n) is 2.62. The molecule has 0 saturated heterocycles. The molecule has 4 nitrogen and oxygen atoms in total. The van der Waals surface area contributed by atoms with Gasteiger partial charge in [0.1, 0.15) is 17.3 Å². The molecule has 104 valence electrons. The van der Waals surface area contributed by atoms with Crippen LogP contribution in [-0.2, 0) is 0 Å². The number of aromatic carboxylic acids is 1. The zero-order valence-corrected chi connectivity index (χ0v) is 11.0. The molecule has 0 unspecified atom stereocenters. The molecule has 0 bridgehead atoms. The maximum atomic E-state index is 13.8. The highest BCUT2D eigenvalue weighted by atomic mass is 35.5. The van der Waals surface area contributed by atoms with Crippen LogP contribution in [0.25, 0.3) is 0 Å². The molecule has 20 heavy (non-hydrogen) atoms. The Morgan fingerprint density at radius 3 is 2.75 bits per heavy atom. The molecule has 7 heteroatoms. The van der Waals surface area contributed by atoms with Gasteiger partial charge in [-0.25, -0.2) is 18.6 Å². The summed E-state index contributed by atoms with van der Waals surface area (Å²) in [6.45, 7) is 1.48. The molecule has 0 radical (unpaired) electrons. The normalized spacial score (nSPS) is 10.4. The van der Waals surface area contributed by atoms with Gasteiger partial charge in [-0.2, -0.15) is 0 Å². The lowest BCUT2D eigenvalue weighted by Gasteiger charge is -2.10. The van der Waals surface area contributed by atoms with E-state index in [9.17, 15) is 13.6 Å². The van der Waals surface area contributed by atoms with Gasteiger partial charge in [-0.05, 0) is 24.6 Å². The number of anilines is 2. The Bertz CT molecular complexity index is 692. The van der Waals surface area contributed by atoms with E-state index in [-0.39, 0.29) is 22.0 Å². The molecular formula is C13H9ClF2N2O2. The second-order valence-electron chi connectivity index (χ2n) is 4.03. The van der Waals surface area contributed by atoms with Crippen LogP contribution in [0.2, 0.25) is 5.02 Å². The standard InChI is InChI=1S/C13H9ClF2N2O2/c1-6-2-3-9(15)12(11(6)16)18-10-4-7(13(19)20)8(14)5-17-10/h2-5H,1H3,(H,17,18)(H,19,20). The molecular weight excluding hydrogens is 290 g/mol. The molecule has 2 aromatic rings. The van der Waals surface area contributed by atoms with Crippen molar-refractivity contribution in [3.8, 4) is 0 Å². The second-order valence-corrected chi connectivity index (χ2v) is 4.44.